The molecule has 0 aliphatic carbocycles. The number of aryl methyl sites for hydroxylation is 1. The summed E-state index contributed by atoms with van der Waals surface area (Å²) in [4.78, 5) is 17.6. The normalized spacial score (nSPS) is 10.2. The van der Waals surface area contributed by atoms with Crippen LogP contribution in [0.1, 0.15) is 10.5 Å². The van der Waals surface area contributed by atoms with E-state index in [2.05, 4.69) is 10.1 Å². The second-order valence-corrected chi connectivity index (χ2v) is 3.64. The summed E-state index contributed by atoms with van der Waals surface area (Å²) in [6.07, 6.45) is 4.73. The van der Waals surface area contributed by atoms with Crippen LogP contribution >= 0.6 is 0 Å². The molecule has 88 valence electrons. The average molecular weight is 231 g/mol. The summed E-state index contributed by atoms with van der Waals surface area (Å²) in [5, 5.41) is 3.95. The molecule has 0 radical (unpaired) electrons. The molecule has 6 heteroatoms. The number of amides is 1. The van der Waals surface area contributed by atoms with E-state index < -0.39 is 0 Å². The first-order chi connectivity index (χ1) is 8.11. The highest BCUT2D eigenvalue weighted by Crippen LogP contribution is 2.17. The summed E-state index contributed by atoms with van der Waals surface area (Å²) in [5.74, 6) is -0.200. The fourth-order valence-corrected chi connectivity index (χ4v) is 1.56. The number of hydrogen-bond donors (Lipinski definition) is 1. The van der Waals surface area contributed by atoms with Crippen molar-refractivity contribution in [2.75, 3.05) is 17.7 Å². The molecule has 0 bridgehead atoms. The number of nitrogen functional groups attached to an aromatic ring is 1. The number of anilines is 2. The largest absolute Gasteiger partial charge is 0.396 e. The average Bonchev–Trinajstić information content (AvgIpc) is 2.68. The van der Waals surface area contributed by atoms with Gasteiger partial charge in [-0.15, -0.1) is 0 Å². The molecule has 1 amide bonds. The van der Waals surface area contributed by atoms with Crippen LogP contribution in [0.15, 0.2) is 30.7 Å². The minimum atomic E-state index is -0.200. The van der Waals surface area contributed by atoms with Gasteiger partial charge in [-0.2, -0.15) is 5.10 Å². The number of carbonyl (C=O) groups is 1. The van der Waals surface area contributed by atoms with Crippen molar-refractivity contribution in [1.29, 1.82) is 0 Å². The molecule has 2 heterocycles. The molecule has 0 unspecified atom stereocenters. The Morgan fingerprint density at radius 3 is 2.59 bits per heavy atom. The van der Waals surface area contributed by atoms with E-state index in [4.69, 9.17) is 5.73 Å². The third kappa shape index (κ3) is 1.96. The Hall–Kier alpha value is -2.37. The maximum absolute atomic E-state index is 12.2. The zero-order chi connectivity index (χ0) is 12.4. The van der Waals surface area contributed by atoms with Gasteiger partial charge in [0.25, 0.3) is 5.91 Å². The monoisotopic (exact) mass is 231 g/mol. The van der Waals surface area contributed by atoms with Gasteiger partial charge in [0, 0.05) is 32.2 Å². The minimum Gasteiger partial charge on any atom is -0.396 e. The van der Waals surface area contributed by atoms with Crippen LogP contribution in [0.4, 0.5) is 11.4 Å². The summed E-state index contributed by atoms with van der Waals surface area (Å²) in [7, 11) is 3.37. The highest BCUT2D eigenvalue weighted by molar-refractivity contribution is 6.07. The third-order valence-corrected chi connectivity index (χ3v) is 2.52. The molecule has 0 atom stereocenters. The Morgan fingerprint density at radius 1 is 1.41 bits per heavy atom. The number of nitrogens with two attached hydrogens (primary N) is 1. The van der Waals surface area contributed by atoms with Crippen LogP contribution in [0.3, 0.4) is 0 Å². The molecule has 17 heavy (non-hydrogen) atoms. The van der Waals surface area contributed by atoms with E-state index in [0.717, 1.165) is 5.69 Å². The predicted octanol–water partition coefficient (Wildman–Crippen LogP) is 0.674. The van der Waals surface area contributed by atoms with Crippen molar-refractivity contribution in [1.82, 2.24) is 14.8 Å². The lowest BCUT2D eigenvalue weighted by molar-refractivity contribution is 0.0985. The SMILES string of the molecule is CN(C(=O)c1c(N)cnn1C)c1ccncc1. The Morgan fingerprint density at radius 2 is 2.06 bits per heavy atom. The zero-order valence-corrected chi connectivity index (χ0v) is 9.66. The number of hydrogen-bond acceptors (Lipinski definition) is 4. The zero-order valence-electron chi connectivity index (χ0n) is 9.66. The van der Waals surface area contributed by atoms with E-state index in [-0.39, 0.29) is 5.91 Å². The van der Waals surface area contributed by atoms with Gasteiger partial charge in [-0.05, 0) is 12.1 Å². The van der Waals surface area contributed by atoms with E-state index in [9.17, 15) is 4.79 Å². The molecule has 6 nitrogen and oxygen atoms in total. The first-order valence-corrected chi connectivity index (χ1v) is 5.07. The van der Waals surface area contributed by atoms with Gasteiger partial charge in [0.2, 0.25) is 0 Å². The van der Waals surface area contributed by atoms with Gasteiger partial charge in [-0.3, -0.25) is 14.5 Å². The van der Waals surface area contributed by atoms with Gasteiger partial charge in [-0.1, -0.05) is 0 Å². The molecule has 0 fully saturated rings. The number of carbonyl (C=O) groups excluding carboxylic acids is 1. The molecule has 2 aromatic rings. The van der Waals surface area contributed by atoms with Gasteiger partial charge >= 0.3 is 0 Å². The van der Waals surface area contributed by atoms with Crippen molar-refractivity contribution in [2.24, 2.45) is 7.05 Å². The topological polar surface area (TPSA) is 77.0 Å². The van der Waals surface area contributed by atoms with Crippen molar-refractivity contribution in [3.63, 3.8) is 0 Å². The molecule has 0 aliphatic rings. The molecule has 2 aromatic heterocycles. The lowest BCUT2D eigenvalue weighted by atomic mass is 10.3. The van der Waals surface area contributed by atoms with Crippen molar-refractivity contribution in [3.8, 4) is 0 Å². The van der Waals surface area contributed by atoms with E-state index in [1.807, 2.05) is 0 Å². The van der Waals surface area contributed by atoms with Crippen LogP contribution in [0.2, 0.25) is 0 Å². The van der Waals surface area contributed by atoms with Crippen LogP contribution < -0.4 is 10.6 Å². The van der Waals surface area contributed by atoms with Crippen LogP contribution in [-0.4, -0.2) is 27.7 Å². The molecule has 0 aromatic carbocycles. The summed E-state index contributed by atoms with van der Waals surface area (Å²) < 4.78 is 1.47. The first-order valence-electron chi connectivity index (χ1n) is 5.07. The maximum Gasteiger partial charge on any atom is 0.278 e. The third-order valence-electron chi connectivity index (χ3n) is 2.52. The molecule has 2 rings (SSSR count). The van der Waals surface area contributed by atoms with E-state index >= 15 is 0 Å². The van der Waals surface area contributed by atoms with Crippen molar-refractivity contribution >= 4 is 17.3 Å². The minimum absolute atomic E-state index is 0.200. The first kappa shape index (κ1) is 11.1. The van der Waals surface area contributed by atoms with E-state index in [0.29, 0.717) is 11.4 Å². The smallest absolute Gasteiger partial charge is 0.278 e. The number of nitrogens with zero attached hydrogens (tertiary/aromatic N) is 4. The highest BCUT2D eigenvalue weighted by Gasteiger charge is 2.19. The van der Waals surface area contributed by atoms with Crippen molar-refractivity contribution < 1.29 is 4.79 Å². The Balaban J connectivity index is 2.33. The summed E-state index contributed by atoms with van der Waals surface area (Å²) >= 11 is 0. The molecular weight excluding hydrogens is 218 g/mol. The van der Waals surface area contributed by atoms with Gasteiger partial charge in [0.15, 0.2) is 0 Å². The molecule has 2 N–H and O–H groups in total. The lowest BCUT2D eigenvalue weighted by Gasteiger charge is -2.17. The molecule has 0 spiro atoms. The van der Waals surface area contributed by atoms with Crippen LogP contribution in [0.25, 0.3) is 0 Å². The van der Waals surface area contributed by atoms with Gasteiger partial charge in [-0.25, -0.2) is 0 Å². The predicted molar refractivity (Wildman–Crippen MR) is 64.6 cm³/mol. The molecule has 0 saturated heterocycles. The summed E-state index contributed by atoms with van der Waals surface area (Å²) in [5.41, 5.74) is 7.22. The maximum atomic E-state index is 12.2. The quantitative estimate of drug-likeness (QED) is 0.824. The Kier molecular flexibility index (Phi) is 2.78. The fourth-order valence-electron chi connectivity index (χ4n) is 1.56. The van der Waals surface area contributed by atoms with Crippen LogP contribution in [0.5, 0.6) is 0 Å². The second-order valence-electron chi connectivity index (χ2n) is 3.64. The second kappa shape index (κ2) is 4.25. The fraction of sp³-hybridized carbons (Fsp3) is 0.182. The molecule has 0 saturated carbocycles. The lowest BCUT2D eigenvalue weighted by Crippen LogP contribution is -2.28. The highest BCUT2D eigenvalue weighted by atomic mass is 16.2. The van der Waals surface area contributed by atoms with Crippen molar-refractivity contribution in [3.05, 3.63) is 36.4 Å². The van der Waals surface area contributed by atoms with E-state index in [1.54, 1.807) is 38.6 Å². The number of aromatic nitrogens is 3. The number of rotatable bonds is 2. The summed E-state index contributed by atoms with van der Waals surface area (Å²) in [6, 6.07) is 3.51. The van der Waals surface area contributed by atoms with Gasteiger partial charge in [0.05, 0.1) is 11.9 Å². The molecular formula is C11H13N5O. The Labute approximate surface area is 98.7 Å². The number of pyridine rings is 1. The van der Waals surface area contributed by atoms with E-state index in [1.165, 1.54) is 15.8 Å². The van der Waals surface area contributed by atoms with Gasteiger partial charge in [0.1, 0.15) is 5.69 Å². The van der Waals surface area contributed by atoms with Crippen LogP contribution in [-0.2, 0) is 7.05 Å². The standard InChI is InChI=1S/C11H13N5O/c1-15(8-3-5-13-6-4-8)11(17)10-9(12)7-14-16(10)2/h3-7H,12H2,1-2H3. The van der Waals surface area contributed by atoms with Crippen LogP contribution in [0, 0.1) is 0 Å². The Bertz CT molecular complexity index is 515. The van der Waals surface area contributed by atoms with Gasteiger partial charge < -0.3 is 10.6 Å². The summed E-state index contributed by atoms with van der Waals surface area (Å²) in [6.45, 7) is 0. The molecule has 0 aliphatic heterocycles. The van der Waals surface area contributed by atoms with Crippen molar-refractivity contribution in [2.45, 2.75) is 0 Å².